The maximum atomic E-state index is 12.5. The Balaban J connectivity index is 1.61. The van der Waals surface area contributed by atoms with Crippen molar-refractivity contribution in [1.29, 1.82) is 0 Å². The van der Waals surface area contributed by atoms with Crippen LogP contribution in [0.1, 0.15) is 32.9 Å². The largest absolute Gasteiger partial charge is 0.382 e. The maximum Gasteiger partial charge on any atom is 0.273 e. The van der Waals surface area contributed by atoms with Gasteiger partial charge in [-0.1, -0.05) is 24.3 Å². The van der Waals surface area contributed by atoms with Crippen LogP contribution >= 0.6 is 0 Å². The molecule has 0 saturated carbocycles. The summed E-state index contributed by atoms with van der Waals surface area (Å²) in [5, 5.41) is 3.94. The molecule has 150 valence electrons. The van der Waals surface area contributed by atoms with Gasteiger partial charge in [0.1, 0.15) is 0 Å². The third kappa shape index (κ3) is 4.25. The lowest BCUT2D eigenvalue weighted by molar-refractivity contribution is 0.0946. The lowest BCUT2D eigenvalue weighted by Crippen LogP contribution is -2.26. The Kier molecular flexibility index (Phi) is 5.61. The summed E-state index contributed by atoms with van der Waals surface area (Å²) in [6.07, 6.45) is 8.10. The third-order valence-corrected chi connectivity index (χ3v) is 4.97. The van der Waals surface area contributed by atoms with Crippen molar-refractivity contribution in [1.82, 2.24) is 25.3 Å². The molecule has 1 aromatic carbocycles. The van der Waals surface area contributed by atoms with Crippen LogP contribution in [0.3, 0.4) is 0 Å². The fourth-order valence-electron chi connectivity index (χ4n) is 3.39. The number of hydrogen-bond donors (Lipinski definition) is 2. The molecule has 7 nitrogen and oxygen atoms in total. The fraction of sp³-hybridized carbons (Fsp3) is 0.174. The number of aryl methyl sites for hydroxylation is 3. The summed E-state index contributed by atoms with van der Waals surface area (Å²) in [5.74, 6) is -0.248. The predicted octanol–water partition coefficient (Wildman–Crippen LogP) is 3.03. The van der Waals surface area contributed by atoms with Gasteiger partial charge in [0.2, 0.25) is 0 Å². The number of fused-ring (bicyclic) bond motifs is 1. The minimum absolute atomic E-state index is 0.110. The van der Waals surface area contributed by atoms with Gasteiger partial charge >= 0.3 is 0 Å². The molecule has 30 heavy (non-hydrogen) atoms. The average Bonchev–Trinajstić information content (AvgIpc) is 2.77. The molecule has 0 bridgehead atoms. The number of rotatable bonds is 6. The van der Waals surface area contributed by atoms with Crippen molar-refractivity contribution in [3.63, 3.8) is 0 Å². The standard InChI is InChI=1S/C23H22N6O/c1-15-4-2-6-17-12-18(14-28-23(30)21-22(24)27-11-10-26-21)19(29-20(15)17)8-7-16-5-3-9-25-13-16/h2-6,9-13H,7-8,14H2,1H3,(H2,24,27)(H,28,30). The second-order valence-corrected chi connectivity index (χ2v) is 7.07. The van der Waals surface area contributed by atoms with E-state index in [1.165, 1.54) is 12.4 Å². The molecule has 3 aromatic heterocycles. The molecule has 0 fully saturated rings. The molecule has 4 rings (SSSR count). The van der Waals surface area contributed by atoms with E-state index >= 15 is 0 Å². The Morgan fingerprint density at radius 3 is 2.73 bits per heavy atom. The van der Waals surface area contributed by atoms with Crippen molar-refractivity contribution in [2.24, 2.45) is 0 Å². The minimum atomic E-state index is -0.358. The highest BCUT2D eigenvalue weighted by Crippen LogP contribution is 2.21. The van der Waals surface area contributed by atoms with Gasteiger partial charge < -0.3 is 11.1 Å². The van der Waals surface area contributed by atoms with Gasteiger partial charge in [-0.05, 0) is 48.6 Å². The van der Waals surface area contributed by atoms with Crippen molar-refractivity contribution in [3.8, 4) is 0 Å². The highest BCUT2D eigenvalue weighted by molar-refractivity contribution is 5.96. The van der Waals surface area contributed by atoms with Crippen LogP contribution < -0.4 is 11.1 Å². The zero-order chi connectivity index (χ0) is 20.9. The SMILES string of the molecule is Cc1cccc2cc(CNC(=O)c3nccnc3N)c(CCc3cccnc3)nc12. The zero-order valence-electron chi connectivity index (χ0n) is 16.7. The molecule has 0 aliphatic carbocycles. The van der Waals surface area contributed by atoms with Crippen LogP contribution in [0.4, 0.5) is 5.82 Å². The number of carbonyl (C=O) groups excluding carboxylic acids is 1. The van der Waals surface area contributed by atoms with Gasteiger partial charge in [0.05, 0.1) is 5.52 Å². The maximum absolute atomic E-state index is 12.5. The number of nitrogens with two attached hydrogens (primary N) is 1. The van der Waals surface area contributed by atoms with E-state index in [-0.39, 0.29) is 17.4 Å². The van der Waals surface area contributed by atoms with Crippen LogP contribution in [-0.4, -0.2) is 25.8 Å². The van der Waals surface area contributed by atoms with Gasteiger partial charge in [0.25, 0.3) is 5.91 Å². The van der Waals surface area contributed by atoms with Crippen LogP contribution in [0, 0.1) is 6.92 Å². The molecule has 0 atom stereocenters. The molecular weight excluding hydrogens is 376 g/mol. The number of nitrogens with one attached hydrogen (secondary N) is 1. The molecule has 0 radical (unpaired) electrons. The number of pyridine rings is 2. The number of anilines is 1. The molecule has 4 aromatic rings. The first-order valence-corrected chi connectivity index (χ1v) is 9.73. The molecule has 3 N–H and O–H groups in total. The highest BCUT2D eigenvalue weighted by atomic mass is 16.1. The average molecular weight is 398 g/mol. The van der Waals surface area contributed by atoms with Crippen LogP contribution in [0.2, 0.25) is 0 Å². The minimum Gasteiger partial charge on any atom is -0.382 e. The fourth-order valence-corrected chi connectivity index (χ4v) is 3.39. The highest BCUT2D eigenvalue weighted by Gasteiger charge is 2.14. The Morgan fingerprint density at radius 1 is 1.07 bits per heavy atom. The number of hydrogen-bond acceptors (Lipinski definition) is 6. The lowest BCUT2D eigenvalue weighted by atomic mass is 10.0. The number of para-hydroxylation sites is 1. The molecule has 0 aliphatic heterocycles. The van der Waals surface area contributed by atoms with Gasteiger partial charge in [-0.3, -0.25) is 14.8 Å². The van der Waals surface area contributed by atoms with Gasteiger partial charge in [-0.25, -0.2) is 9.97 Å². The summed E-state index contributed by atoms with van der Waals surface area (Å²) in [7, 11) is 0. The van der Waals surface area contributed by atoms with Gasteiger partial charge in [-0.2, -0.15) is 0 Å². The molecule has 3 heterocycles. The molecule has 0 spiro atoms. The van der Waals surface area contributed by atoms with Crippen LogP contribution in [0.25, 0.3) is 10.9 Å². The van der Waals surface area contributed by atoms with Gasteiger partial charge in [0, 0.05) is 42.4 Å². The smallest absolute Gasteiger partial charge is 0.273 e. The second kappa shape index (κ2) is 8.65. The number of nitrogen functional groups attached to an aromatic ring is 1. The first-order chi connectivity index (χ1) is 14.6. The Labute approximate surface area is 174 Å². The molecule has 0 aliphatic rings. The Bertz CT molecular complexity index is 1190. The topological polar surface area (TPSA) is 107 Å². The van der Waals surface area contributed by atoms with E-state index in [0.29, 0.717) is 6.54 Å². The molecule has 1 amide bonds. The summed E-state index contributed by atoms with van der Waals surface area (Å²) in [6.45, 7) is 2.38. The molecule has 7 heteroatoms. The van der Waals surface area contributed by atoms with Crippen LogP contribution in [-0.2, 0) is 19.4 Å². The Morgan fingerprint density at radius 2 is 1.93 bits per heavy atom. The first kappa shape index (κ1) is 19.4. The van der Waals surface area contributed by atoms with Crippen LogP contribution in [0.15, 0.2) is 61.2 Å². The summed E-state index contributed by atoms with van der Waals surface area (Å²) in [4.78, 5) is 29.6. The molecule has 0 saturated heterocycles. The number of aromatic nitrogens is 4. The number of nitrogens with zero attached hydrogens (tertiary/aromatic N) is 4. The summed E-state index contributed by atoms with van der Waals surface area (Å²) < 4.78 is 0. The van der Waals surface area contributed by atoms with Gasteiger partial charge in [-0.15, -0.1) is 0 Å². The molecule has 0 unspecified atom stereocenters. The number of amides is 1. The van der Waals surface area contributed by atoms with Gasteiger partial charge in [0.15, 0.2) is 11.5 Å². The Hall–Kier alpha value is -3.87. The van der Waals surface area contributed by atoms with Crippen molar-refractivity contribution >= 4 is 22.6 Å². The summed E-state index contributed by atoms with van der Waals surface area (Å²) >= 11 is 0. The quantitative estimate of drug-likeness (QED) is 0.517. The van der Waals surface area contributed by atoms with E-state index in [1.807, 2.05) is 24.4 Å². The van der Waals surface area contributed by atoms with Crippen molar-refractivity contribution < 1.29 is 4.79 Å². The van der Waals surface area contributed by atoms with Crippen molar-refractivity contribution in [2.45, 2.75) is 26.3 Å². The van der Waals surface area contributed by atoms with E-state index in [9.17, 15) is 4.79 Å². The zero-order valence-corrected chi connectivity index (χ0v) is 16.7. The normalized spacial score (nSPS) is 10.8. The first-order valence-electron chi connectivity index (χ1n) is 9.73. The number of benzene rings is 1. The van der Waals surface area contributed by atoms with E-state index in [1.54, 1.807) is 6.20 Å². The summed E-state index contributed by atoms with van der Waals surface area (Å²) in [5.41, 5.74) is 11.1. The monoisotopic (exact) mass is 398 g/mol. The lowest BCUT2D eigenvalue weighted by Gasteiger charge is -2.13. The third-order valence-electron chi connectivity index (χ3n) is 4.97. The van der Waals surface area contributed by atoms with Crippen molar-refractivity contribution in [2.75, 3.05) is 5.73 Å². The van der Waals surface area contributed by atoms with E-state index in [4.69, 9.17) is 10.7 Å². The van der Waals surface area contributed by atoms with E-state index in [0.717, 1.165) is 46.1 Å². The summed E-state index contributed by atoms with van der Waals surface area (Å²) in [6, 6.07) is 12.2. The van der Waals surface area contributed by atoms with Crippen LogP contribution in [0.5, 0.6) is 0 Å². The second-order valence-electron chi connectivity index (χ2n) is 7.07. The number of carbonyl (C=O) groups is 1. The van der Waals surface area contributed by atoms with E-state index < -0.39 is 0 Å². The predicted molar refractivity (Wildman–Crippen MR) is 116 cm³/mol. The molecular formula is C23H22N6O. The van der Waals surface area contributed by atoms with E-state index in [2.05, 4.69) is 45.4 Å². The van der Waals surface area contributed by atoms with Crippen molar-refractivity contribution in [3.05, 3.63) is 89.3 Å².